The predicted octanol–water partition coefficient (Wildman–Crippen LogP) is 2.44. The Kier molecular flexibility index (Phi) is 3.02. The Morgan fingerprint density at radius 2 is 2.30 bits per heavy atom. The number of aromatic nitrogens is 2. The maximum atomic E-state index is 11.0. The van der Waals surface area contributed by atoms with Gasteiger partial charge in [-0.3, -0.25) is 10.1 Å². The molecule has 20 heavy (non-hydrogen) atoms. The van der Waals surface area contributed by atoms with Crippen LogP contribution in [-0.2, 0) is 6.54 Å². The molecule has 104 valence electrons. The van der Waals surface area contributed by atoms with Gasteiger partial charge in [0.05, 0.1) is 29.6 Å². The van der Waals surface area contributed by atoms with E-state index in [0.29, 0.717) is 18.3 Å². The van der Waals surface area contributed by atoms with Crippen LogP contribution in [0.2, 0.25) is 0 Å². The normalized spacial score (nSPS) is 14.2. The van der Waals surface area contributed by atoms with Crippen LogP contribution in [0.5, 0.6) is 5.75 Å². The zero-order valence-corrected chi connectivity index (χ0v) is 10.7. The molecular formula is C13H14N4O3. The molecule has 2 aromatic rings. The summed E-state index contributed by atoms with van der Waals surface area (Å²) < 4.78 is 2.10. The second-order valence-electron chi connectivity index (χ2n) is 4.84. The van der Waals surface area contributed by atoms with Gasteiger partial charge in [0.1, 0.15) is 11.4 Å². The molecule has 1 fully saturated rings. The molecule has 1 aliphatic carbocycles. The highest BCUT2D eigenvalue weighted by Crippen LogP contribution is 2.36. The van der Waals surface area contributed by atoms with Crippen molar-refractivity contribution in [1.29, 1.82) is 0 Å². The maximum absolute atomic E-state index is 11.0. The van der Waals surface area contributed by atoms with Crippen molar-refractivity contribution in [2.24, 2.45) is 0 Å². The number of hydrogen-bond donors (Lipinski definition) is 2. The highest BCUT2D eigenvalue weighted by atomic mass is 16.6. The quantitative estimate of drug-likeness (QED) is 0.496. The molecule has 0 atom stereocenters. The first kappa shape index (κ1) is 12.5. The number of nitro benzene ring substituents is 1. The minimum absolute atomic E-state index is 0.120. The third-order valence-corrected chi connectivity index (χ3v) is 3.32. The zero-order chi connectivity index (χ0) is 14.1. The summed E-state index contributed by atoms with van der Waals surface area (Å²) in [6.45, 7) is 0.460. The molecule has 0 aliphatic heterocycles. The Morgan fingerprint density at radius 1 is 1.50 bits per heavy atom. The molecule has 0 bridgehead atoms. The number of nitrogens with one attached hydrogen (secondary N) is 1. The van der Waals surface area contributed by atoms with Gasteiger partial charge >= 0.3 is 0 Å². The summed E-state index contributed by atoms with van der Waals surface area (Å²) in [5, 5.41) is 23.3. The van der Waals surface area contributed by atoms with Gasteiger partial charge in [0.15, 0.2) is 0 Å². The molecule has 7 nitrogen and oxygen atoms in total. The standard InChI is InChI=1S/C13H14N4O3/c18-11-3-4-12(13(5-11)17(19)20)15-7-10-6-14-8-16(10)9-1-2-9/h3-6,8-9,15,18H,1-2,7H2. The first-order chi connectivity index (χ1) is 9.65. The van der Waals surface area contributed by atoms with E-state index in [1.165, 1.54) is 12.1 Å². The molecule has 1 aromatic carbocycles. The van der Waals surface area contributed by atoms with Gasteiger partial charge in [0.25, 0.3) is 5.69 Å². The van der Waals surface area contributed by atoms with Crippen molar-refractivity contribution in [2.75, 3.05) is 5.32 Å². The third kappa shape index (κ3) is 2.42. The number of nitrogens with zero attached hydrogens (tertiary/aromatic N) is 3. The second kappa shape index (κ2) is 4.84. The van der Waals surface area contributed by atoms with E-state index in [0.717, 1.165) is 24.6 Å². The Morgan fingerprint density at radius 3 is 3.00 bits per heavy atom. The highest BCUT2D eigenvalue weighted by molar-refractivity contribution is 5.63. The summed E-state index contributed by atoms with van der Waals surface area (Å²) in [4.78, 5) is 14.6. The van der Waals surface area contributed by atoms with Crippen LogP contribution >= 0.6 is 0 Å². The molecule has 0 radical (unpaired) electrons. The Balaban J connectivity index is 1.78. The van der Waals surface area contributed by atoms with E-state index in [1.807, 2.05) is 0 Å². The summed E-state index contributed by atoms with van der Waals surface area (Å²) >= 11 is 0. The van der Waals surface area contributed by atoms with Gasteiger partial charge in [-0.2, -0.15) is 0 Å². The molecule has 1 aliphatic rings. The molecule has 1 aromatic heterocycles. The molecule has 1 heterocycles. The van der Waals surface area contributed by atoms with E-state index in [9.17, 15) is 15.2 Å². The van der Waals surface area contributed by atoms with Crippen LogP contribution in [-0.4, -0.2) is 19.6 Å². The van der Waals surface area contributed by atoms with Crippen LogP contribution in [0.3, 0.4) is 0 Å². The summed E-state index contributed by atoms with van der Waals surface area (Å²) in [5.74, 6) is -0.120. The summed E-state index contributed by atoms with van der Waals surface area (Å²) in [6, 6.07) is 4.59. The van der Waals surface area contributed by atoms with Crippen molar-refractivity contribution in [1.82, 2.24) is 9.55 Å². The molecule has 1 saturated carbocycles. The van der Waals surface area contributed by atoms with E-state index in [2.05, 4.69) is 14.9 Å². The lowest BCUT2D eigenvalue weighted by atomic mass is 10.2. The molecule has 0 spiro atoms. The van der Waals surface area contributed by atoms with Crippen molar-refractivity contribution in [3.63, 3.8) is 0 Å². The van der Waals surface area contributed by atoms with Crippen LogP contribution in [0.1, 0.15) is 24.6 Å². The third-order valence-electron chi connectivity index (χ3n) is 3.32. The molecule has 0 amide bonds. The van der Waals surface area contributed by atoms with E-state index >= 15 is 0 Å². The SMILES string of the molecule is O=[N+]([O-])c1cc(O)ccc1NCc1cncn1C1CC1. The zero-order valence-electron chi connectivity index (χ0n) is 10.7. The molecule has 3 rings (SSSR count). The topological polar surface area (TPSA) is 93.2 Å². The van der Waals surface area contributed by atoms with Gasteiger partial charge in [0, 0.05) is 12.2 Å². The number of anilines is 1. The van der Waals surface area contributed by atoms with Crippen molar-refractivity contribution in [2.45, 2.75) is 25.4 Å². The lowest BCUT2D eigenvalue weighted by molar-refractivity contribution is -0.384. The van der Waals surface area contributed by atoms with E-state index < -0.39 is 4.92 Å². The van der Waals surface area contributed by atoms with Crippen molar-refractivity contribution >= 4 is 11.4 Å². The largest absolute Gasteiger partial charge is 0.508 e. The molecular weight excluding hydrogens is 260 g/mol. The number of hydrogen-bond acceptors (Lipinski definition) is 5. The smallest absolute Gasteiger partial charge is 0.296 e. The van der Waals surface area contributed by atoms with Crippen molar-refractivity contribution < 1.29 is 10.0 Å². The minimum Gasteiger partial charge on any atom is -0.508 e. The summed E-state index contributed by atoms with van der Waals surface area (Å²) in [6.07, 6.45) is 5.86. The van der Waals surface area contributed by atoms with Gasteiger partial charge in [0.2, 0.25) is 0 Å². The average molecular weight is 274 g/mol. The molecule has 0 unspecified atom stereocenters. The number of rotatable bonds is 5. The van der Waals surface area contributed by atoms with Crippen LogP contribution < -0.4 is 5.32 Å². The van der Waals surface area contributed by atoms with E-state index in [-0.39, 0.29) is 11.4 Å². The monoisotopic (exact) mass is 274 g/mol. The first-order valence-corrected chi connectivity index (χ1v) is 6.37. The second-order valence-corrected chi connectivity index (χ2v) is 4.84. The fourth-order valence-corrected chi connectivity index (χ4v) is 2.16. The molecule has 7 heteroatoms. The van der Waals surface area contributed by atoms with Crippen molar-refractivity contribution in [3.05, 3.63) is 46.5 Å². The van der Waals surface area contributed by atoms with Gasteiger partial charge in [-0.05, 0) is 25.0 Å². The fraction of sp³-hybridized carbons (Fsp3) is 0.308. The van der Waals surface area contributed by atoms with Crippen LogP contribution in [0.15, 0.2) is 30.7 Å². The average Bonchev–Trinajstić information content (AvgIpc) is 3.16. The van der Waals surface area contributed by atoms with E-state index in [4.69, 9.17) is 0 Å². The number of phenolic OH excluding ortho intramolecular Hbond substituents is 1. The van der Waals surface area contributed by atoms with Crippen LogP contribution in [0, 0.1) is 10.1 Å². The molecule has 0 saturated heterocycles. The van der Waals surface area contributed by atoms with E-state index in [1.54, 1.807) is 12.5 Å². The van der Waals surface area contributed by atoms with Crippen LogP contribution in [0.4, 0.5) is 11.4 Å². The Labute approximate surface area is 115 Å². The lowest BCUT2D eigenvalue weighted by Crippen LogP contribution is -2.07. The minimum atomic E-state index is -0.514. The highest BCUT2D eigenvalue weighted by Gasteiger charge is 2.25. The van der Waals surface area contributed by atoms with Gasteiger partial charge < -0.3 is 15.0 Å². The number of imidazole rings is 1. The van der Waals surface area contributed by atoms with Gasteiger partial charge in [-0.25, -0.2) is 4.98 Å². The number of aromatic hydroxyl groups is 1. The van der Waals surface area contributed by atoms with Gasteiger partial charge in [-0.1, -0.05) is 0 Å². The number of phenols is 1. The Bertz CT molecular complexity index is 649. The lowest BCUT2D eigenvalue weighted by Gasteiger charge is -2.09. The summed E-state index contributed by atoms with van der Waals surface area (Å²) in [5.41, 5.74) is 1.24. The maximum Gasteiger partial charge on any atom is 0.296 e. The Hall–Kier alpha value is -2.57. The number of nitro groups is 1. The first-order valence-electron chi connectivity index (χ1n) is 6.37. The van der Waals surface area contributed by atoms with Crippen LogP contribution in [0.25, 0.3) is 0 Å². The molecule has 2 N–H and O–H groups in total. The van der Waals surface area contributed by atoms with Gasteiger partial charge in [-0.15, -0.1) is 0 Å². The van der Waals surface area contributed by atoms with Crippen molar-refractivity contribution in [3.8, 4) is 5.75 Å². The fourth-order valence-electron chi connectivity index (χ4n) is 2.16. The number of benzene rings is 1. The predicted molar refractivity (Wildman–Crippen MR) is 72.6 cm³/mol. The summed E-state index contributed by atoms with van der Waals surface area (Å²) in [7, 11) is 0.